The Morgan fingerprint density at radius 1 is 1.24 bits per heavy atom. The Morgan fingerprint density at radius 3 is 2.52 bits per heavy atom. The average Bonchev–Trinajstić information content (AvgIpc) is 2.71. The first-order valence-corrected chi connectivity index (χ1v) is 8.40. The van der Waals surface area contributed by atoms with Crippen LogP contribution >= 0.6 is 0 Å². The molecule has 1 atom stereocenters. The second-order valence-electron chi connectivity index (χ2n) is 6.06. The van der Waals surface area contributed by atoms with E-state index in [9.17, 15) is 19.5 Å². The molecule has 2 aromatic rings. The minimum atomic E-state index is -0.935. The van der Waals surface area contributed by atoms with E-state index in [0.29, 0.717) is 11.3 Å². The molecule has 1 aliphatic rings. The second-order valence-corrected chi connectivity index (χ2v) is 6.06. The van der Waals surface area contributed by atoms with Gasteiger partial charge in [0.05, 0.1) is 13.0 Å². The minimum absolute atomic E-state index is 0.00181. The zero-order chi connectivity index (χ0) is 21.1. The summed E-state index contributed by atoms with van der Waals surface area (Å²) in [4.78, 5) is 35.6. The van der Waals surface area contributed by atoms with Crippen LogP contribution in [0.5, 0.6) is 11.5 Å². The first kappa shape index (κ1) is 20.0. The van der Waals surface area contributed by atoms with Crippen LogP contribution in [0.3, 0.4) is 0 Å². The number of rotatable bonds is 6. The van der Waals surface area contributed by atoms with Crippen molar-refractivity contribution in [2.75, 3.05) is 13.7 Å². The molecule has 29 heavy (non-hydrogen) atoms. The summed E-state index contributed by atoms with van der Waals surface area (Å²) in [5.41, 5.74) is 10.8. The summed E-state index contributed by atoms with van der Waals surface area (Å²) in [6, 6.07) is 7.36. The number of hydrogen-bond donors (Lipinski definition) is 3. The van der Waals surface area contributed by atoms with E-state index in [0.717, 1.165) is 6.07 Å². The van der Waals surface area contributed by atoms with Crippen molar-refractivity contribution < 1.29 is 33.3 Å². The number of ether oxygens (including phenoxy) is 3. The lowest BCUT2D eigenvalue weighted by atomic mass is 9.86. The number of hydrogen-bond acceptors (Lipinski definition) is 9. The number of fused-ring (bicyclic) bond motifs is 1. The molecule has 0 bridgehead atoms. The number of primary amides is 1. The van der Waals surface area contributed by atoms with Crippen molar-refractivity contribution in [3.05, 3.63) is 69.1 Å². The maximum atomic E-state index is 12.4. The Hall–Kier alpha value is -3.79. The van der Waals surface area contributed by atoms with Crippen LogP contribution in [-0.2, 0) is 20.9 Å². The van der Waals surface area contributed by atoms with Gasteiger partial charge in [-0.1, -0.05) is 12.1 Å². The molecule has 5 N–H and O–H groups in total. The summed E-state index contributed by atoms with van der Waals surface area (Å²) in [7, 11) is 1.18. The highest BCUT2D eigenvalue weighted by molar-refractivity contribution is 5.92. The molecule has 10 heteroatoms. The van der Waals surface area contributed by atoms with Crippen molar-refractivity contribution in [2.45, 2.75) is 12.5 Å². The largest absolute Gasteiger partial charge is 0.484 e. The third-order valence-corrected chi connectivity index (χ3v) is 4.16. The molecule has 0 radical (unpaired) electrons. The molecule has 2 heterocycles. The molecule has 1 aromatic carbocycles. The molecule has 1 amide bonds. The van der Waals surface area contributed by atoms with Crippen LogP contribution in [0.15, 0.2) is 51.0 Å². The Balaban J connectivity index is 2.13. The molecule has 0 aliphatic carbocycles. The van der Waals surface area contributed by atoms with Crippen molar-refractivity contribution >= 4 is 11.9 Å². The quantitative estimate of drug-likeness (QED) is 0.558. The molecule has 0 saturated heterocycles. The number of benzene rings is 1. The topological polar surface area (TPSA) is 164 Å². The highest BCUT2D eigenvalue weighted by Gasteiger charge is 2.39. The summed E-state index contributed by atoms with van der Waals surface area (Å²) >= 11 is 0. The minimum Gasteiger partial charge on any atom is -0.484 e. The number of aliphatic hydroxyl groups excluding tert-OH is 1. The van der Waals surface area contributed by atoms with Crippen LogP contribution in [0.1, 0.15) is 23.0 Å². The maximum absolute atomic E-state index is 12.4. The predicted octanol–water partition coefficient (Wildman–Crippen LogP) is -0.136. The van der Waals surface area contributed by atoms with Gasteiger partial charge in [-0.25, -0.2) is 4.79 Å². The van der Waals surface area contributed by atoms with Gasteiger partial charge < -0.3 is 35.2 Å². The zero-order valence-electron chi connectivity index (χ0n) is 15.3. The molecule has 0 unspecified atom stereocenters. The van der Waals surface area contributed by atoms with Gasteiger partial charge in [0.2, 0.25) is 17.1 Å². The average molecular weight is 402 g/mol. The molecule has 1 aliphatic heterocycles. The lowest BCUT2D eigenvalue weighted by Gasteiger charge is -2.26. The number of carbonyl (C=O) groups is 2. The van der Waals surface area contributed by atoms with Gasteiger partial charge >= 0.3 is 5.97 Å². The van der Waals surface area contributed by atoms with E-state index in [-0.39, 0.29) is 35.3 Å². The number of aliphatic hydroxyl groups is 1. The summed E-state index contributed by atoms with van der Waals surface area (Å²) < 4.78 is 21.0. The summed E-state index contributed by atoms with van der Waals surface area (Å²) in [6.07, 6.45) is 0. The van der Waals surface area contributed by atoms with Crippen molar-refractivity contribution in [3.63, 3.8) is 0 Å². The summed E-state index contributed by atoms with van der Waals surface area (Å²) in [5, 5.41) is 9.38. The van der Waals surface area contributed by atoms with Gasteiger partial charge in [0.25, 0.3) is 5.91 Å². The standard InChI is InChI=1S/C19H18N2O8/c1-26-19(25)15-14(9-2-4-10(5-3-9)27-8-13(20)24)17-16(29-18(15)21)12(23)6-11(7-22)28-17/h2-6,14,22H,7-8,21H2,1H3,(H2,20,24)/t14-/m1/s1. The van der Waals surface area contributed by atoms with Crippen LogP contribution in [0.4, 0.5) is 0 Å². The normalized spacial score (nSPS) is 15.3. The lowest BCUT2D eigenvalue weighted by molar-refractivity contribution is -0.136. The van der Waals surface area contributed by atoms with E-state index in [1.54, 1.807) is 24.3 Å². The van der Waals surface area contributed by atoms with Crippen LogP contribution < -0.4 is 26.4 Å². The number of esters is 1. The van der Waals surface area contributed by atoms with Crippen molar-refractivity contribution in [2.24, 2.45) is 11.5 Å². The molecule has 0 saturated carbocycles. The molecule has 3 rings (SSSR count). The van der Waals surface area contributed by atoms with Crippen LogP contribution in [0.2, 0.25) is 0 Å². The first-order valence-electron chi connectivity index (χ1n) is 8.40. The lowest BCUT2D eigenvalue weighted by Crippen LogP contribution is -2.29. The predicted molar refractivity (Wildman–Crippen MR) is 97.7 cm³/mol. The van der Waals surface area contributed by atoms with Gasteiger partial charge in [0.1, 0.15) is 23.7 Å². The number of amides is 1. The van der Waals surface area contributed by atoms with Gasteiger partial charge in [-0.3, -0.25) is 9.59 Å². The number of nitrogens with two attached hydrogens (primary N) is 2. The molecule has 152 valence electrons. The van der Waals surface area contributed by atoms with Gasteiger partial charge in [0.15, 0.2) is 12.4 Å². The van der Waals surface area contributed by atoms with E-state index in [1.807, 2.05) is 0 Å². The molecular formula is C19H18N2O8. The molecule has 0 spiro atoms. The zero-order valence-corrected chi connectivity index (χ0v) is 15.3. The van der Waals surface area contributed by atoms with Gasteiger partial charge in [-0.15, -0.1) is 0 Å². The Morgan fingerprint density at radius 2 is 1.93 bits per heavy atom. The number of methoxy groups -OCH3 is 1. The molecular weight excluding hydrogens is 384 g/mol. The van der Waals surface area contributed by atoms with E-state index >= 15 is 0 Å². The molecule has 10 nitrogen and oxygen atoms in total. The third-order valence-electron chi connectivity index (χ3n) is 4.16. The van der Waals surface area contributed by atoms with Crippen LogP contribution in [0.25, 0.3) is 0 Å². The third kappa shape index (κ3) is 3.92. The SMILES string of the molecule is COC(=O)C1=C(N)Oc2c(oc(CO)cc2=O)[C@@H]1c1ccc(OCC(N)=O)cc1. The molecule has 1 aromatic heterocycles. The van der Waals surface area contributed by atoms with Crippen molar-refractivity contribution in [1.82, 2.24) is 0 Å². The Labute approximate surface area is 164 Å². The fourth-order valence-electron chi connectivity index (χ4n) is 2.91. The second kappa shape index (κ2) is 8.07. The Kier molecular flexibility index (Phi) is 5.55. The Bertz CT molecular complexity index is 1040. The summed E-state index contributed by atoms with van der Waals surface area (Å²) in [6.45, 7) is -0.823. The monoisotopic (exact) mass is 402 g/mol. The fourth-order valence-corrected chi connectivity index (χ4v) is 2.91. The fraction of sp³-hybridized carbons (Fsp3) is 0.211. The first-order chi connectivity index (χ1) is 13.8. The van der Waals surface area contributed by atoms with Gasteiger partial charge in [-0.2, -0.15) is 0 Å². The highest BCUT2D eigenvalue weighted by Crippen LogP contribution is 2.41. The van der Waals surface area contributed by atoms with E-state index in [2.05, 4.69) is 0 Å². The van der Waals surface area contributed by atoms with E-state index in [4.69, 9.17) is 30.1 Å². The summed E-state index contributed by atoms with van der Waals surface area (Å²) in [5.74, 6) is -2.47. The van der Waals surface area contributed by atoms with Crippen LogP contribution in [-0.4, -0.2) is 30.7 Å². The van der Waals surface area contributed by atoms with Gasteiger partial charge in [0, 0.05) is 6.07 Å². The maximum Gasteiger partial charge on any atom is 0.340 e. The van der Waals surface area contributed by atoms with Crippen molar-refractivity contribution in [1.29, 1.82) is 0 Å². The van der Waals surface area contributed by atoms with E-state index in [1.165, 1.54) is 7.11 Å². The van der Waals surface area contributed by atoms with Gasteiger partial charge in [-0.05, 0) is 17.7 Å². The van der Waals surface area contributed by atoms with Crippen molar-refractivity contribution in [3.8, 4) is 11.5 Å². The number of carbonyl (C=O) groups excluding carboxylic acids is 2. The van der Waals surface area contributed by atoms with Crippen LogP contribution in [0, 0.1) is 0 Å². The van der Waals surface area contributed by atoms with E-state index < -0.39 is 29.8 Å². The highest BCUT2D eigenvalue weighted by atomic mass is 16.5. The molecule has 0 fully saturated rings. The smallest absolute Gasteiger partial charge is 0.340 e.